The lowest BCUT2D eigenvalue weighted by Gasteiger charge is -2.18. The third-order valence-electron chi connectivity index (χ3n) is 2.67. The highest BCUT2D eigenvalue weighted by molar-refractivity contribution is 7.80. The maximum absolute atomic E-state index is 11.9. The van der Waals surface area contributed by atoms with Crippen molar-refractivity contribution in [2.45, 2.75) is 58.9 Å². The van der Waals surface area contributed by atoms with E-state index >= 15 is 0 Å². The van der Waals surface area contributed by atoms with Crippen LogP contribution in [0.4, 0.5) is 0 Å². The minimum absolute atomic E-state index is 0.0423. The van der Waals surface area contributed by atoms with Gasteiger partial charge in [-0.3, -0.25) is 4.79 Å². The summed E-state index contributed by atoms with van der Waals surface area (Å²) in [6.07, 6.45) is 4.68. The standard InChI is InChI=1S/C12H24N2OS/c1-4-6-7-10(5-2)12(15)14-9(3)8-11(13)16/h9-10H,4-8H2,1-3H3,(H2,13,16)(H,14,15). The molecule has 94 valence electrons. The molecule has 16 heavy (non-hydrogen) atoms. The molecule has 0 aromatic heterocycles. The quantitative estimate of drug-likeness (QED) is 0.645. The third-order valence-corrected chi connectivity index (χ3v) is 2.83. The average molecular weight is 244 g/mol. The normalized spacial score (nSPS) is 14.2. The highest BCUT2D eigenvalue weighted by Crippen LogP contribution is 2.13. The predicted octanol–water partition coefficient (Wildman–Crippen LogP) is 2.38. The molecule has 0 heterocycles. The molecule has 0 saturated carbocycles. The Hall–Kier alpha value is -0.640. The molecule has 0 rings (SSSR count). The molecule has 1 amide bonds. The van der Waals surface area contributed by atoms with Crippen molar-refractivity contribution in [1.29, 1.82) is 0 Å². The number of carbonyl (C=O) groups excluding carboxylic acids is 1. The average Bonchev–Trinajstić information content (AvgIpc) is 2.17. The number of carbonyl (C=O) groups is 1. The Kier molecular flexibility index (Phi) is 8.16. The SMILES string of the molecule is CCCCC(CC)C(=O)NC(C)CC(N)=S. The van der Waals surface area contributed by atoms with Crippen molar-refractivity contribution >= 4 is 23.1 Å². The summed E-state index contributed by atoms with van der Waals surface area (Å²) in [6, 6.07) is 0.0423. The largest absolute Gasteiger partial charge is 0.393 e. The van der Waals surface area contributed by atoms with Crippen LogP contribution in [0, 0.1) is 5.92 Å². The highest BCUT2D eigenvalue weighted by atomic mass is 32.1. The summed E-state index contributed by atoms with van der Waals surface area (Å²) >= 11 is 4.82. The van der Waals surface area contributed by atoms with E-state index in [9.17, 15) is 4.79 Å². The number of hydrogen-bond acceptors (Lipinski definition) is 2. The Morgan fingerprint density at radius 1 is 1.44 bits per heavy atom. The van der Waals surface area contributed by atoms with Gasteiger partial charge in [-0.15, -0.1) is 0 Å². The van der Waals surface area contributed by atoms with E-state index in [-0.39, 0.29) is 17.9 Å². The van der Waals surface area contributed by atoms with E-state index < -0.39 is 0 Å². The number of amides is 1. The highest BCUT2D eigenvalue weighted by Gasteiger charge is 2.17. The van der Waals surface area contributed by atoms with Gasteiger partial charge in [0.1, 0.15) is 0 Å². The zero-order valence-electron chi connectivity index (χ0n) is 10.6. The van der Waals surface area contributed by atoms with Gasteiger partial charge in [0.2, 0.25) is 5.91 Å². The Bertz CT molecular complexity index is 231. The molecule has 0 spiro atoms. The van der Waals surface area contributed by atoms with Crippen molar-refractivity contribution in [3.63, 3.8) is 0 Å². The third kappa shape index (κ3) is 6.77. The van der Waals surface area contributed by atoms with Crippen molar-refractivity contribution in [2.24, 2.45) is 11.7 Å². The molecule has 0 aliphatic heterocycles. The molecule has 0 aromatic carbocycles. The number of nitrogens with one attached hydrogen (secondary N) is 1. The lowest BCUT2D eigenvalue weighted by Crippen LogP contribution is -2.39. The summed E-state index contributed by atoms with van der Waals surface area (Å²) in [6.45, 7) is 6.13. The summed E-state index contributed by atoms with van der Waals surface area (Å²) in [5.41, 5.74) is 5.44. The number of thiocarbonyl (C=S) groups is 1. The monoisotopic (exact) mass is 244 g/mol. The maximum Gasteiger partial charge on any atom is 0.223 e. The van der Waals surface area contributed by atoms with E-state index in [1.807, 2.05) is 6.92 Å². The zero-order valence-corrected chi connectivity index (χ0v) is 11.4. The molecule has 0 radical (unpaired) electrons. The smallest absolute Gasteiger partial charge is 0.223 e. The maximum atomic E-state index is 11.9. The molecule has 0 saturated heterocycles. The van der Waals surface area contributed by atoms with Crippen LogP contribution < -0.4 is 11.1 Å². The Labute approximate surface area is 104 Å². The van der Waals surface area contributed by atoms with E-state index in [1.165, 1.54) is 0 Å². The number of nitrogens with two attached hydrogens (primary N) is 1. The Balaban J connectivity index is 4.04. The number of hydrogen-bond donors (Lipinski definition) is 2. The van der Waals surface area contributed by atoms with Gasteiger partial charge in [-0.2, -0.15) is 0 Å². The van der Waals surface area contributed by atoms with E-state index in [1.54, 1.807) is 0 Å². The molecule has 2 atom stereocenters. The second-order valence-electron chi connectivity index (χ2n) is 4.33. The van der Waals surface area contributed by atoms with Gasteiger partial charge in [-0.25, -0.2) is 0 Å². The first-order valence-electron chi connectivity index (χ1n) is 6.09. The molecule has 3 nitrogen and oxygen atoms in total. The molecule has 2 unspecified atom stereocenters. The van der Waals surface area contributed by atoms with Gasteiger partial charge in [-0.05, 0) is 19.8 Å². The molecule has 0 bridgehead atoms. The molecule has 0 fully saturated rings. The molecule has 3 N–H and O–H groups in total. The summed E-state index contributed by atoms with van der Waals surface area (Å²) in [7, 11) is 0. The first-order chi connectivity index (χ1) is 7.51. The summed E-state index contributed by atoms with van der Waals surface area (Å²) in [5, 5.41) is 2.96. The minimum Gasteiger partial charge on any atom is -0.393 e. The number of rotatable bonds is 8. The summed E-state index contributed by atoms with van der Waals surface area (Å²) < 4.78 is 0. The predicted molar refractivity (Wildman–Crippen MR) is 72.3 cm³/mol. The second kappa shape index (κ2) is 8.50. The zero-order chi connectivity index (χ0) is 12.6. The van der Waals surface area contributed by atoms with Gasteiger partial charge < -0.3 is 11.1 Å². The van der Waals surface area contributed by atoms with Gasteiger partial charge in [-0.1, -0.05) is 38.9 Å². The summed E-state index contributed by atoms with van der Waals surface area (Å²) in [4.78, 5) is 12.3. The van der Waals surface area contributed by atoms with Crippen LogP contribution in [0.15, 0.2) is 0 Å². The fourth-order valence-electron chi connectivity index (χ4n) is 1.68. The second-order valence-corrected chi connectivity index (χ2v) is 4.85. The molecular formula is C12H24N2OS. The van der Waals surface area contributed by atoms with Crippen LogP contribution in [-0.4, -0.2) is 16.9 Å². The Morgan fingerprint density at radius 2 is 2.06 bits per heavy atom. The van der Waals surface area contributed by atoms with Crippen LogP contribution >= 0.6 is 12.2 Å². The van der Waals surface area contributed by atoms with Crippen molar-refractivity contribution in [2.75, 3.05) is 0 Å². The van der Waals surface area contributed by atoms with Gasteiger partial charge in [0, 0.05) is 18.4 Å². The molecular weight excluding hydrogens is 220 g/mol. The van der Waals surface area contributed by atoms with Gasteiger partial charge >= 0.3 is 0 Å². The van der Waals surface area contributed by atoms with Crippen LogP contribution in [-0.2, 0) is 4.79 Å². The topological polar surface area (TPSA) is 55.1 Å². The van der Waals surface area contributed by atoms with Crippen molar-refractivity contribution in [3.05, 3.63) is 0 Å². The fourth-order valence-corrected chi connectivity index (χ4v) is 1.93. The first kappa shape index (κ1) is 15.4. The molecule has 4 heteroatoms. The number of unbranched alkanes of at least 4 members (excludes halogenated alkanes) is 1. The van der Waals surface area contributed by atoms with Crippen LogP contribution in [0.1, 0.15) is 52.9 Å². The first-order valence-corrected chi connectivity index (χ1v) is 6.50. The van der Waals surface area contributed by atoms with E-state index in [0.717, 1.165) is 25.7 Å². The lowest BCUT2D eigenvalue weighted by atomic mass is 9.98. The van der Waals surface area contributed by atoms with Crippen molar-refractivity contribution in [3.8, 4) is 0 Å². The van der Waals surface area contributed by atoms with Crippen molar-refractivity contribution in [1.82, 2.24) is 5.32 Å². The van der Waals surface area contributed by atoms with Gasteiger partial charge in [0.25, 0.3) is 0 Å². The van der Waals surface area contributed by atoms with E-state index in [2.05, 4.69) is 19.2 Å². The van der Waals surface area contributed by atoms with E-state index in [4.69, 9.17) is 18.0 Å². The van der Waals surface area contributed by atoms with Gasteiger partial charge in [0.15, 0.2) is 0 Å². The van der Waals surface area contributed by atoms with Crippen molar-refractivity contribution < 1.29 is 4.79 Å². The van der Waals surface area contributed by atoms with Crippen LogP contribution in [0.25, 0.3) is 0 Å². The van der Waals surface area contributed by atoms with Crippen LogP contribution in [0.5, 0.6) is 0 Å². The summed E-state index contributed by atoms with van der Waals surface area (Å²) in [5.74, 6) is 0.272. The lowest BCUT2D eigenvalue weighted by molar-refractivity contribution is -0.125. The van der Waals surface area contributed by atoms with Crippen LogP contribution in [0.3, 0.4) is 0 Å². The van der Waals surface area contributed by atoms with Gasteiger partial charge in [0.05, 0.1) is 4.99 Å². The fraction of sp³-hybridized carbons (Fsp3) is 0.833. The van der Waals surface area contributed by atoms with E-state index in [0.29, 0.717) is 11.4 Å². The van der Waals surface area contributed by atoms with Crippen LogP contribution in [0.2, 0.25) is 0 Å². The molecule has 0 aliphatic carbocycles. The Morgan fingerprint density at radius 3 is 2.50 bits per heavy atom. The minimum atomic E-state index is 0.0423. The molecule has 0 aliphatic rings. The molecule has 0 aromatic rings.